The highest BCUT2D eigenvalue weighted by molar-refractivity contribution is 7.20. The van der Waals surface area contributed by atoms with Crippen LogP contribution in [0.25, 0.3) is 10.2 Å². The van der Waals surface area contributed by atoms with Crippen LogP contribution < -0.4 is 4.74 Å². The lowest BCUT2D eigenvalue weighted by atomic mass is 9.90. The number of allylic oxidation sites excluding steroid dienone is 2. The van der Waals surface area contributed by atoms with E-state index in [1.54, 1.807) is 11.0 Å². The van der Waals surface area contributed by atoms with Crippen molar-refractivity contribution in [3.63, 3.8) is 0 Å². The Hall–Kier alpha value is -3.59. The van der Waals surface area contributed by atoms with Crippen LogP contribution in [0.5, 0.6) is 5.19 Å². The number of carbonyl (C=O) groups excluding carboxylic acids is 2. The maximum Gasteiger partial charge on any atom is 0.310 e. The van der Waals surface area contributed by atoms with E-state index in [1.165, 1.54) is 23.5 Å². The van der Waals surface area contributed by atoms with E-state index in [1.807, 2.05) is 36.4 Å². The molecule has 9 heteroatoms. The minimum atomic E-state index is -1.11. The lowest BCUT2D eigenvalue weighted by molar-refractivity contribution is -0.147. The number of aliphatic carboxylic acids is 1. The second-order valence-electron chi connectivity index (χ2n) is 11.9. The number of Topliss-reactive ketones (excluding diaryl/α,β-unsaturated/α-hetero) is 1. The summed E-state index contributed by atoms with van der Waals surface area (Å²) in [5.41, 5.74) is 0.580. The van der Waals surface area contributed by atoms with E-state index in [0.29, 0.717) is 34.7 Å². The Labute approximate surface area is 248 Å². The quantitative estimate of drug-likeness (QED) is 0.355. The normalized spacial score (nSPS) is 29.3. The summed E-state index contributed by atoms with van der Waals surface area (Å²) < 4.78 is 20.6. The number of ether oxygens (including phenoxy) is 1. The van der Waals surface area contributed by atoms with Crippen molar-refractivity contribution in [1.29, 1.82) is 0 Å². The van der Waals surface area contributed by atoms with Crippen LogP contribution in [0.2, 0.25) is 0 Å². The summed E-state index contributed by atoms with van der Waals surface area (Å²) in [7, 11) is 0. The molecule has 42 heavy (non-hydrogen) atoms. The van der Waals surface area contributed by atoms with E-state index in [-0.39, 0.29) is 48.7 Å². The van der Waals surface area contributed by atoms with Crippen molar-refractivity contribution in [2.75, 3.05) is 6.54 Å². The van der Waals surface area contributed by atoms with Crippen LogP contribution >= 0.6 is 11.3 Å². The molecule has 7 nitrogen and oxygen atoms in total. The molecule has 1 aromatic heterocycles. The average Bonchev–Trinajstić information content (AvgIpc) is 3.29. The molecule has 2 fully saturated rings. The number of benzene rings is 2. The number of fused-ring (bicyclic) bond motifs is 3. The summed E-state index contributed by atoms with van der Waals surface area (Å²) in [6.07, 6.45) is 9.14. The molecule has 6 rings (SSSR count). The summed E-state index contributed by atoms with van der Waals surface area (Å²) in [6, 6.07) is 13.5. The minimum absolute atomic E-state index is 0.0839. The first kappa shape index (κ1) is 28.5. The van der Waals surface area contributed by atoms with E-state index in [2.05, 4.69) is 11.1 Å². The molecule has 0 unspecified atom stereocenters. The van der Waals surface area contributed by atoms with Gasteiger partial charge in [-0.25, -0.2) is 9.37 Å². The van der Waals surface area contributed by atoms with Gasteiger partial charge in [-0.3, -0.25) is 14.4 Å². The first-order valence-corrected chi connectivity index (χ1v) is 15.6. The zero-order chi connectivity index (χ0) is 29.3. The molecule has 1 saturated carbocycles. The SMILES string of the molecule is O=C1C[C@]2(C(=O)O)C[C@@H]2/C=C\CCCCC[C@H](Cc2ccccc2)C(=O)N2C[C@H](Oc3nc4ccc(F)cc4s3)C[C@@H]12. The van der Waals surface area contributed by atoms with Crippen LogP contribution in [-0.4, -0.2) is 51.3 Å². The van der Waals surface area contributed by atoms with E-state index < -0.39 is 23.5 Å². The van der Waals surface area contributed by atoms with E-state index in [4.69, 9.17) is 4.74 Å². The zero-order valence-electron chi connectivity index (χ0n) is 23.4. The number of nitrogens with zero attached hydrogens (tertiary/aromatic N) is 2. The summed E-state index contributed by atoms with van der Waals surface area (Å²) >= 11 is 1.23. The number of rotatable bonds is 5. The van der Waals surface area contributed by atoms with Gasteiger partial charge in [-0.05, 0) is 61.8 Å². The highest BCUT2D eigenvalue weighted by Crippen LogP contribution is 2.57. The van der Waals surface area contributed by atoms with E-state index in [9.17, 15) is 23.9 Å². The van der Waals surface area contributed by atoms with Crippen molar-refractivity contribution in [2.45, 2.75) is 69.9 Å². The number of hydrogen-bond acceptors (Lipinski definition) is 6. The second kappa shape index (κ2) is 12.0. The summed E-state index contributed by atoms with van der Waals surface area (Å²) in [6.45, 7) is 0.216. The van der Waals surface area contributed by atoms with Gasteiger partial charge in [0.05, 0.1) is 28.2 Å². The van der Waals surface area contributed by atoms with Crippen molar-refractivity contribution in [2.24, 2.45) is 17.3 Å². The predicted octanol–water partition coefficient (Wildman–Crippen LogP) is 6.21. The Bertz CT molecular complexity index is 1510. The van der Waals surface area contributed by atoms with Crippen molar-refractivity contribution in [3.8, 4) is 5.19 Å². The van der Waals surface area contributed by atoms with Gasteiger partial charge in [0.25, 0.3) is 5.19 Å². The summed E-state index contributed by atoms with van der Waals surface area (Å²) in [5.74, 6) is -2.09. The van der Waals surface area contributed by atoms with Crippen LogP contribution in [0.1, 0.15) is 56.9 Å². The highest BCUT2D eigenvalue weighted by atomic mass is 32.1. The Morgan fingerprint density at radius 3 is 2.79 bits per heavy atom. The maximum absolute atomic E-state index is 14.2. The molecular weight excluding hydrogens is 555 g/mol. The molecule has 220 valence electrons. The van der Waals surface area contributed by atoms with Crippen molar-refractivity contribution in [3.05, 3.63) is 72.1 Å². The number of ketones is 1. The monoisotopic (exact) mass is 590 g/mol. The van der Waals surface area contributed by atoms with Gasteiger partial charge in [0.1, 0.15) is 11.9 Å². The van der Waals surface area contributed by atoms with Crippen molar-refractivity contribution >= 4 is 39.2 Å². The summed E-state index contributed by atoms with van der Waals surface area (Å²) in [4.78, 5) is 46.6. The molecule has 2 aliphatic heterocycles. The fourth-order valence-corrected chi connectivity index (χ4v) is 7.48. The number of hydrogen-bond donors (Lipinski definition) is 1. The third kappa shape index (κ3) is 5.98. The van der Waals surface area contributed by atoms with Gasteiger partial charge in [0, 0.05) is 18.8 Å². The molecule has 2 aromatic carbocycles. The summed E-state index contributed by atoms with van der Waals surface area (Å²) in [5, 5.41) is 10.5. The predicted molar refractivity (Wildman–Crippen MR) is 158 cm³/mol. The number of carboxylic acid groups (broad SMARTS) is 1. The molecule has 3 aromatic rings. The van der Waals surface area contributed by atoms with Gasteiger partial charge in [-0.2, -0.15) is 0 Å². The molecule has 1 aliphatic carbocycles. The van der Waals surface area contributed by atoms with Gasteiger partial charge in [-0.1, -0.05) is 66.7 Å². The molecular formula is C33H35FN2O5S. The largest absolute Gasteiger partial charge is 0.481 e. The smallest absolute Gasteiger partial charge is 0.310 e. The third-order valence-electron chi connectivity index (χ3n) is 9.03. The first-order valence-electron chi connectivity index (χ1n) is 14.8. The topological polar surface area (TPSA) is 96.8 Å². The molecule has 1 saturated heterocycles. The zero-order valence-corrected chi connectivity index (χ0v) is 24.2. The van der Waals surface area contributed by atoms with Crippen molar-refractivity contribution in [1.82, 2.24) is 9.88 Å². The molecule has 3 aliphatic rings. The van der Waals surface area contributed by atoms with Crippen LogP contribution in [-0.2, 0) is 20.8 Å². The molecule has 1 amide bonds. The lowest BCUT2D eigenvalue weighted by Gasteiger charge is -2.29. The van der Waals surface area contributed by atoms with Crippen molar-refractivity contribution < 1.29 is 28.6 Å². The maximum atomic E-state index is 14.2. The van der Waals surface area contributed by atoms with Crippen LogP contribution in [0.15, 0.2) is 60.7 Å². The second-order valence-corrected chi connectivity index (χ2v) is 12.9. The fraction of sp³-hybridized carbons (Fsp3) is 0.455. The Kier molecular flexibility index (Phi) is 8.12. The fourth-order valence-electron chi connectivity index (χ4n) is 6.58. The number of amides is 1. The Balaban J connectivity index is 1.28. The molecule has 0 radical (unpaired) electrons. The van der Waals surface area contributed by atoms with Crippen LogP contribution in [0.4, 0.5) is 4.39 Å². The van der Waals surface area contributed by atoms with E-state index in [0.717, 1.165) is 31.2 Å². The number of halogens is 1. The Morgan fingerprint density at radius 1 is 1.14 bits per heavy atom. The van der Waals surface area contributed by atoms with Gasteiger partial charge in [0.15, 0.2) is 5.78 Å². The lowest BCUT2D eigenvalue weighted by Crippen LogP contribution is -2.45. The minimum Gasteiger partial charge on any atom is -0.481 e. The number of aromatic nitrogens is 1. The first-order chi connectivity index (χ1) is 20.3. The third-order valence-corrected chi connectivity index (χ3v) is 9.94. The van der Waals surface area contributed by atoms with Gasteiger partial charge in [-0.15, -0.1) is 0 Å². The number of carboxylic acids is 1. The molecule has 5 atom stereocenters. The van der Waals surface area contributed by atoms with Gasteiger partial charge in [0.2, 0.25) is 5.91 Å². The molecule has 0 bridgehead atoms. The molecule has 1 N–H and O–H groups in total. The standard InChI is InChI=1S/C33H35FN2O5S/c34-24-13-14-26-29(16-24)42-32(35-26)41-25-17-27-28(37)19-33(31(39)40)18-23(33)12-8-3-1-2-7-11-22(30(38)36(27)20-25)15-21-9-5-4-6-10-21/h4-6,8-10,12-14,16,22-23,25,27H,1-3,7,11,15,17-20H2,(H,39,40)/b12-8-/t22-,23+,25-,27+,33-/m1/s1. The molecule has 3 heterocycles. The van der Waals surface area contributed by atoms with E-state index >= 15 is 0 Å². The Morgan fingerprint density at radius 2 is 1.98 bits per heavy atom. The number of carbonyl (C=O) groups is 3. The van der Waals surface area contributed by atoms with Gasteiger partial charge < -0.3 is 14.7 Å². The average molecular weight is 591 g/mol. The molecule has 0 spiro atoms. The van der Waals surface area contributed by atoms with Gasteiger partial charge >= 0.3 is 5.97 Å². The van der Waals surface area contributed by atoms with Crippen LogP contribution in [0.3, 0.4) is 0 Å². The number of thiazole rings is 1. The highest BCUT2D eigenvalue weighted by Gasteiger charge is 2.61. The van der Waals surface area contributed by atoms with Crippen LogP contribution in [0, 0.1) is 23.1 Å².